The number of alkyl halides is 2. The highest BCUT2D eigenvalue weighted by molar-refractivity contribution is 7.09. The minimum atomic E-state index is -2.79. The molecular formula is C15H18F2N2OS. The van der Waals surface area contributed by atoms with Crippen LogP contribution < -0.4 is 10.1 Å². The Hall–Kier alpha value is -1.53. The molecule has 0 unspecified atom stereocenters. The Labute approximate surface area is 127 Å². The molecule has 0 saturated heterocycles. The van der Waals surface area contributed by atoms with E-state index >= 15 is 0 Å². The van der Waals surface area contributed by atoms with Crippen LogP contribution in [0.1, 0.15) is 35.5 Å². The molecule has 1 heterocycles. The highest BCUT2D eigenvalue weighted by atomic mass is 32.1. The lowest BCUT2D eigenvalue weighted by Gasteiger charge is -2.17. The van der Waals surface area contributed by atoms with Crippen molar-refractivity contribution in [3.05, 3.63) is 45.9 Å². The number of hydrogen-bond acceptors (Lipinski definition) is 4. The van der Waals surface area contributed by atoms with E-state index in [1.165, 1.54) is 4.88 Å². The number of halogens is 2. The molecule has 0 radical (unpaired) electrons. The topological polar surface area (TPSA) is 34.2 Å². The standard InChI is InChI=1S/C15H18F2N2OS/c1-3-13(18-8-14-10(2)19-9-21-14)11-4-6-12(7-5-11)20-15(16)17/h4-7,9,13,15,18H,3,8H2,1-2H3/t13-/m0/s1. The summed E-state index contributed by atoms with van der Waals surface area (Å²) in [6.45, 7) is 2.04. The van der Waals surface area contributed by atoms with E-state index in [1.54, 1.807) is 23.5 Å². The van der Waals surface area contributed by atoms with Gasteiger partial charge in [0.2, 0.25) is 0 Å². The quantitative estimate of drug-likeness (QED) is 0.828. The Morgan fingerprint density at radius 2 is 2.00 bits per heavy atom. The summed E-state index contributed by atoms with van der Waals surface area (Å²) >= 11 is 1.63. The van der Waals surface area contributed by atoms with Gasteiger partial charge in [0.15, 0.2) is 0 Å². The number of aryl methyl sites for hydroxylation is 1. The van der Waals surface area contributed by atoms with Gasteiger partial charge in [0.1, 0.15) is 5.75 Å². The fourth-order valence-corrected chi connectivity index (χ4v) is 2.82. The zero-order chi connectivity index (χ0) is 15.2. The summed E-state index contributed by atoms with van der Waals surface area (Å²) in [5.41, 5.74) is 3.94. The molecule has 0 aliphatic rings. The van der Waals surface area contributed by atoms with Gasteiger partial charge in [-0.2, -0.15) is 8.78 Å². The Kier molecular flexibility index (Phi) is 5.64. The molecule has 0 aliphatic heterocycles. The summed E-state index contributed by atoms with van der Waals surface area (Å²) in [6, 6.07) is 6.96. The average Bonchev–Trinajstić information content (AvgIpc) is 2.86. The molecular weight excluding hydrogens is 294 g/mol. The van der Waals surface area contributed by atoms with Gasteiger partial charge in [0.25, 0.3) is 0 Å². The van der Waals surface area contributed by atoms with E-state index in [1.807, 2.05) is 24.6 Å². The molecule has 0 aliphatic carbocycles. The molecule has 0 saturated carbocycles. The molecule has 0 spiro atoms. The number of ether oxygens (including phenoxy) is 1. The number of hydrogen-bond donors (Lipinski definition) is 1. The highest BCUT2D eigenvalue weighted by Crippen LogP contribution is 2.22. The minimum absolute atomic E-state index is 0.173. The summed E-state index contributed by atoms with van der Waals surface area (Å²) in [6.07, 6.45) is 0.910. The van der Waals surface area contributed by atoms with Gasteiger partial charge in [-0.05, 0) is 31.0 Å². The van der Waals surface area contributed by atoms with Gasteiger partial charge in [-0.15, -0.1) is 11.3 Å². The van der Waals surface area contributed by atoms with E-state index in [0.29, 0.717) is 0 Å². The predicted octanol–water partition coefficient (Wildman–Crippen LogP) is 4.29. The molecule has 2 rings (SSSR count). The SMILES string of the molecule is CC[C@H](NCc1scnc1C)c1ccc(OC(F)F)cc1. The van der Waals surface area contributed by atoms with Crippen LogP contribution in [0.2, 0.25) is 0 Å². The van der Waals surface area contributed by atoms with Gasteiger partial charge >= 0.3 is 6.61 Å². The van der Waals surface area contributed by atoms with Crippen LogP contribution in [-0.4, -0.2) is 11.6 Å². The number of rotatable bonds is 7. The molecule has 0 amide bonds. The lowest BCUT2D eigenvalue weighted by molar-refractivity contribution is -0.0498. The Morgan fingerprint density at radius 1 is 1.29 bits per heavy atom. The average molecular weight is 312 g/mol. The van der Waals surface area contributed by atoms with Gasteiger partial charge in [0.05, 0.1) is 11.2 Å². The maximum Gasteiger partial charge on any atom is 0.387 e. The molecule has 114 valence electrons. The summed E-state index contributed by atoms with van der Waals surface area (Å²) in [7, 11) is 0. The summed E-state index contributed by atoms with van der Waals surface area (Å²) < 4.78 is 28.6. The zero-order valence-corrected chi connectivity index (χ0v) is 12.8. The molecule has 1 aromatic heterocycles. The van der Waals surface area contributed by atoms with Crippen LogP contribution in [0.15, 0.2) is 29.8 Å². The van der Waals surface area contributed by atoms with Crippen molar-refractivity contribution in [3.8, 4) is 5.75 Å². The molecule has 1 aromatic carbocycles. The van der Waals surface area contributed by atoms with Crippen LogP contribution in [0.5, 0.6) is 5.75 Å². The molecule has 1 N–H and O–H groups in total. The van der Waals surface area contributed by atoms with Gasteiger partial charge in [-0.25, -0.2) is 4.98 Å². The van der Waals surface area contributed by atoms with Crippen LogP contribution in [-0.2, 0) is 6.54 Å². The van der Waals surface area contributed by atoms with Crippen LogP contribution in [0, 0.1) is 6.92 Å². The molecule has 1 atom stereocenters. The lowest BCUT2D eigenvalue weighted by atomic mass is 10.0. The van der Waals surface area contributed by atoms with E-state index in [9.17, 15) is 8.78 Å². The van der Waals surface area contributed by atoms with Crippen molar-refractivity contribution in [2.75, 3.05) is 0 Å². The fourth-order valence-electron chi connectivity index (χ4n) is 2.09. The maximum absolute atomic E-state index is 12.1. The van der Waals surface area contributed by atoms with Gasteiger partial charge in [0, 0.05) is 17.5 Å². The van der Waals surface area contributed by atoms with Gasteiger partial charge in [-0.1, -0.05) is 19.1 Å². The number of thiazole rings is 1. The first-order chi connectivity index (χ1) is 10.1. The van der Waals surface area contributed by atoms with Crippen molar-refractivity contribution >= 4 is 11.3 Å². The van der Waals surface area contributed by atoms with E-state index < -0.39 is 6.61 Å². The number of aromatic nitrogens is 1. The highest BCUT2D eigenvalue weighted by Gasteiger charge is 2.11. The minimum Gasteiger partial charge on any atom is -0.435 e. The van der Waals surface area contributed by atoms with E-state index in [0.717, 1.165) is 24.2 Å². The molecule has 21 heavy (non-hydrogen) atoms. The van der Waals surface area contributed by atoms with Crippen LogP contribution >= 0.6 is 11.3 Å². The Morgan fingerprint density at radius 3 is 2.52 bits per heavy atom. The van der Waals surface area contributed by atoms with Crippen molar-refractivity contribution in [2.24, 2.45) is 0 Å². The third-order valence-electron chi connectivity index (χ3n) is 3.27. The van der Waals surface area contributed by atoms with E-state index in [-0.39, 0.29) is 11.8 Å². The second-order valence-corrected chi connectivity index (χ2v) is 5.59. The first-order valence-electron chi connectivity index (χ1n) is 6.77. The molecule has 2 aromatic rings. The monoisotopic (exact) mass is 312 g/mol. The van der Waals surface area contributed by atoms with Crippen LogP contribution in [0.4, 0.5) is 8.78 Å². The first-order valence-corrected chi connectivity index (χ1v) is 7.65. The zero-order valence-electron chi connectivity index (χ0n) is 12.0. The van der Waals surface area contributed by atoms with Crippen molar-refractivity contribution in [2.45, 2.75) is 39.5 Å². The third kappa shape index (κ3) is 4.47. The van der Waals surface area contributed by atoms with Gasteiger partial charge in [-0.3, -0.25) is 0 Å². The first kappa shape index (κ1) is 15.9. The number of nitrogens with zero attached hydrogens (tertiary/aromatic N) is 1. The second-order valence-electron chi connectivity index (χ2n) is 4.65. The van der Waals surface area contributed by atoms with Crippen molar-refractivity contribution < 1.29 is 13.5 Å². The summed E-state index contributed by atoms with van der Waals surface area (Å²) in [5.74, 6) is 0.182. The van der Waals surface area contributed by atoms with Crippen molar-refractivity contribution in [3.63, 3.8) is 0 Å². The maximum atomic E-state index is 12.1. The fraction of sp³-hybridized carbons (Fsp3) is 0.400. The normalized spacial score (nSPS) is 12.6. The Bertz CT molecular complexity index is 557. The van der Waals surface area contributed by atoms with E-state index in [4.69, 9.17) is 0 Å². The molecule has 6 heteroatoms. The Balaban J connectivity index is 1.98. The van der Waals surface area contributed by atoms with Crippen molar-refractivity contribution in [1.29, 1.82) is 0 Å². The number of nitrogens with one attached hydrogen (secondary N) is 1. The smallest absolute Gasteiger partial charge is 0.387 e. The largest absolute Gasteiger partial charge is 0.435 e. The lowest BCUT2D eigenvalue weighted by Crippen LogP contribution is -2.20. The predicted molar refractivity (Wildman–Crippen MR) is 79.8 cm³/mol. The van der Waals surface area contributed by atoms with E-state index in [2.05, 4.69) is 22.0 Å². The van der Waals surface area contributed by atoms with Crippen molar-refractivity contribution in [1.82, 2.24) is 10.3 Å². The molecule has 0 fully saturated rings. The van der Waals surface area contributed by atoms with Crippen LogP contribution in [0.25, 0.3) is 0 Å². The summed E-state index contributed by atoms with van der Waals surface area (Å²) in [5, 5.41) is 3.47. The third-order valence-corrected chi connectivity index (χ3v) is 4.20. The molecule has 3 nitrogen and oxygen atoms in total. The summed E-state index contributed by atoms with van der Waals surface area (Å²) in [4.78, 5) is 5.44. The van der Waals surface area contributed by atoms with Crippen LogP contribution in [0.3, 0.4) is 0 Å². The van der Waals surface area contributed by atoms with Gasteiger partial charge < -0.3 is 10.1 Å². The number of benzene rings is 1. The molecule has 0 bridgehead atoms. The second kappa shape index (κ2) is 7.47.